The average Bonchev–Trinajstić information content (AvgIpc) is 2.56. The zero-order valence-electron chi connectivity index (χ0n) is 12.8. The predicted molar refractivity (Wildman–Crippen MR) is 80.4 cm³/mol. The van der Waals surface area contributed by atoms with E-state index < -0.39 is 5.60 Å². The Hall–Kier alpha value is -0.930. The van der Waals surface area contributed by atoms with Crippen LogP contribution >= 0.6 is 0 Å². The van der Waals surface area contributed by atoms with Gasteiger partial charge in [-0.2, -0.15) is 0 Å². The van der Waals surface area contributed by atoms with Crippen LogP contribution in [0, 0.1) is 12.7 Å². The molecule has 2 nitrogen and oxygen atoms in total. The third kappa shape index (κ3) is 3.80. The number of hydrogen-bond acceptors (Lipinski definition) is 2. The minimum Gasteiger partial charge on any atom is -0.389 e. The monoisotopic (exact) mass is 279 g/mol. The third-order valence-corrected chi connectivity index (χ3v) is 4.51. The fourth-order valence-electron chi connectivity index (χ4n) is 3.08. The number of nitrogens with zero attached hydrogens (tertiary/aromatic N) is 1. The Morgan fingerprint density at radius 1 is 1.30 bits per heavy atom. The summed E-state index contributed by atoms with van der Waals surface area (Å²) in [5.74, 6) is -0.216. The maximum atomic E-state index is 13.4. The summed E-state index contributed by atoms with van der Waals surface area (Å²) in [4.78, 5) is 2.41. The van der Waals surface area contributed by atoms with Gasteiger partial charge in [0, 0.05) is 19.0 Å². The Morgan fingerprint density at radius 2 is 2.05 bits per heavy atom. The van der Waals surface area contributed by atoms with E-state index in [1.165, 1.54) is 6.07 Å². The third-order valence-electron chi connectivity index (χ3n) is 4.51. The van der Waals surface area contributed by atoms with Crippen molar-refractivity contribution in [1.29, 1.82) is 0 Å². The lowest BCUT2D eigenvalue weighted by Crippen LogP contribution is -2.35. The Kier molecular flexibility index (Phi) is 4.82. The Labute approximate surface area is 121 Å². The van der Waals surface area contributed by atoms with Crippen molar-refractivity contribution in [3.8, 4) is 0 Å². The van der Waals surface area contributed by atoms with Gasteiger partial charge < -0.3 is 10.0 Å². The highest BCUT2D eigenvalue weighted by Crippen LogP contribution is 2.28. The maximum absolute atomic E-state index is 13.4. The van der Waals surface area contributed by atoms with E-state index in [0.717, 1.165) is 43.5 Å². The van der Waals surface area contributed by atoms with Crippen LogP contribution in [0.1, 0.15) is 44.2 Å². The molecule has 1 atom stereocenters. The number of rotatable bonds is 3. The molecule has 1 N–H and O–H groups in total. The van der Waals surface area contributed by atoms with E-state index in [4.69, 9.17) is 0 Å². The van der Waals surface area contributed by atoms with E-state index in [1.807, 2.05) is 6.92 Å². The summed E-state index contributed by atoms with van der Waals surface area (Å²) in [5.41, 5.74) is 1.30. The number of benzene rings is 1. The van der Waals surface area contributed by atoms with Gasteiger partial charge in [-0.15, -0.1) is 0 Å². The lowest BCUT2D eigenvalue weighted by Gasteiger charge is -2.28. The molecule has 0 spiro atoms. The normalized spacial score (nSPS) is 24.9. The second-order valence-electron chi connectivity index (χ2n) is 6.46. The van der Waals surface area contributed by atoms with Gasteiger partial charge in [0.25, 0.3) is 0 Å². The van der Waals surface area contributed by atoms with Crippen molar-refractivity contribution in [2.45, 2.75) is 58.1 Å². The molecule has 1 aromatic carbocycles. The second-order valence-corrected chi connectivity index (χ2v) is 6.46. The van der Waals surface area contributed by atoms with Gasteiger partial charge in [0.1, 0.15) is 5.82 Å². The van der Waals surface area contributed by atoms with Crippen LogP contribution in [0.3, 0.4) is 0 Å². The van der Waals surface area contributed by atoms with Crippen LogP contribution in [0.2, 0.25) is 0 Å². The fourth-order valence-corrected chi connectivity index (χ4v) is 3.08. The summed E-state index contributed by atoms with van der Waals surface area (Å²) < 4.78 is 13.4. The summed E-state index contributed by atoms with van der Waals surface area (Å²) in [6.45, 7) is 8.34. The van der Waals surface area contributed by atoms with Crippen molar-refractivity contribution in [3.05, 3.63) is 35.1 Å². The summed E-state index contributed by atoms with van der Waals surface area (Å²) in [6.07, 6.45) is 3.12. The van der Waals surface area contributed by atoms with Crippen LogP contribution in [0.25, 0.3) is 0 Å². The van der Waals surface area contributed by atoms with Crippen LogP contribution < -0.4 is 0 Å². The van der Waals surface area contributed by atoms with E-state index in [9.17, 15) is 9.50 Å². The lowest BCUT2D eigenvalue weighted by atomic mass is 9.86. The van der Waals surface area contributed by atoms with Crippen molar-refractivity contribution >= 4 is 0 Å². The highest BCUT2D eigenvalue weighted by atomic mass is 19.1. The van der Waals surface area contributed by atoms with E-state index in [-0.39, 0.29) is 5.82 Å². The molecule has 1 aliphatic rings. The highest BCUT2D eigenvalue weighted by Gasteiger charge is 2.31. The van der Waals surface area contributed by atoms with E-state index in [0.29, 0.717) is 12.5 Å². The summed E-state index contributed by atoms with van der Waals surface area (Å²) in [7, 11) is 0. The van der Waals surface area contributed by atoms with Crippen molar-refractivity contribution in [3.63, 3.8) is 0 Å². The SMILES string of the molecule is Cc1ccc(F)cc1CC1(O)CCCN(C(C)C)CC1. The smallest absolute Gasteiger partial charge is 0.123 e. The topological polar surface area (TPSA) is 23.5 Å². The van der Waals surface area contributed by atoms with E-state index >= 15 is 0 Å². The first-order valence-electron chi connectivity index (χ1n) is 7.61. The molecule has 1 unspecified atom stereocenters. The summed E-state index contributed by atoms with van der Waals surface area (Å²) in [6, 6.07) is 5.37. The molecule has 20 heavy (non-hydrogen) atoms. The molecule has 0 bridgehead atoms. The summed E-state index contributed by atoms with van der Waals surface area (Å²) in [5, 5.41) is 10.9. The van der Waals surface area contributed by atoms with Crippen molar-refractivity contribution < 1.29 is 9.50 Å². The molecular formula is C17H26FNO. The molecule has 1 aliphatic heterocycles. The number of halogens is 1. The van der Waals surface area contributed by atoms with Gasteiger partial charge in [0.15, 0.2) is 0 Å². The first-order chi connectivity index (χ1) is 9.39. The number of hydrogen-bond donors (Lipinski definition) is 1. The molecule has 0 amide bonds. The molecule has 1 heterocycles. The van der Waals surface area contributed by atoms with Gasteiger partial charge in [-0.05, 0) is 69.8 Å². The number of aryl methyl sites for hydroxylation is 1. The van der Waals surface area contributed by atoms with Crippen LogP contribution in [0.5, 0.6) is 0 Å². The van der Waals surface area contributed by atoms with E-state index in [1.54, 1.807) is 12.1 Å². The maximum Gasteiger partial charge on any atom is 0.123 e. The molecule has 0 saturated carbocycles. The zero-order valence-corrected chi connectivity index (χ0v) is 12.8. The quantitative estimate of drug-likeness (QED) is 0.917. The van der Waals surface area contributed by atoms with Gasteiger partial charge in [-0.25, -0.2) is 4.39 Å². The van der Waals surface area contributed by atoms with Crippen molar-refractivity contribution in [2.24, 2.45) is 0 Å². The highest BCUT2D eigenvalue weighted by molar-refractivity contribution is 5.28. The van der Waals surface area contributed by atoms with Crippen LogP contribution in [-0.4, -0.2) is 34.7 Å². The van der Waals surface area contributed by atoms with Gasteiger partial charge in [0.05, 0.1) is 5.60 Å². The molecule has 0 radical (unpaired) electrons. The Balaban J connectivity index is 2.09. The molecule has 0 aromatic heterocycles. The molecule has 1 saturated heterocycles. The van der Waals surface area contributed by atoms with Crippen molar-refractivity contribution in [2.75, 3.05) is 13.1 Å². The number of aliphatic hydroxyl groups is 1. The average molecular weight is 279 g/mol. The lowest BCUT2D eigenvalue weighted by molar-refractivity contribution is 0.0247. The fraction of sp³-hybridized carbons (Fsp3) is 0.647. The summed E-state index contributed by atoms with van der Waals surface area (Å²) >= 11 is 0. The van der Waals surface area contributed by atoms with Gasteiger partial charge in [-0.3, -0.25) is 0 Å². The number of likely N-dealkylation sites (tertiary alicyclic amines) is 1. The molecule has 112 valence electrons. The predicted octanol–water partition coefficient (Wildman–Crippen LogP) is 3.30. The van der Waals surface area contributed by atoms with Crippen LogP contribution in [0.15, 0.2) is 18.2 Å². The molecule has 1 aromatic rings. The molecule has 0 aliphatic carbocycles. The molecule has 2 rings (SSSR count). The van der Waals surface area contributed by atoms with E-state index in [2.05, 4.69) is 18.7 Å². The largest absolute Gasteiger partial charge is 0.389 e. The molecule has 1 fully saturated rings. The van der Waals surface area contributed by atoms with Gasteiger partial charge in [0.2, 0.25) is 0 Å². The first kappa shape index (κ1) is 15.5. The van der Waals surface area contributed by atoms with Gasteiger partial charge in [-0.1, -0.05) is 6.07 Å². The van der Waals surface area contributed by atoms with Gasteiger partial charge >= 0.3 is 0 Å². The standard InChI is InChI=1S/C17H26FNO/c1-13(2)19-9-4-7-17(20,8-10-19)12-15-11-16(18)6-5-14(15)3/h5-6,11,13,20H,4,7-10,12H2,1-3H3. The Morgan fingerprint density at radius 3 is 2.75 bits per heavy atom. The minimum absolute atomic E-state index is 0.216. The molecule has 3 heteroatoms. The molecular weight excluding hydrogens is 253 g/mol. The van der Waals surface area contributed by atoms with Crippen LogP contribution in [-0.2, 0) is 6.42 Å². The minimum atomic E-state index is -0.692. The zero-order chi connectivity index (χ0) is 14.8. The Bertz CT molecular complexity index is 460. The van der Waals surface area contributed by atoms with Crippen LogP contribution in [0.4, 0.5) is 4.39 Å². The second kappa shape index (κ2) is 6.23. The first-order valence-corrected chi connectivity index (χ1v) is 7.61. The van der Waals surface area contributed by atoms with Crippen molar-refractivity contribution in [1.82, 2.24) is 4.90 Å².